The molecule has 0 aromatic rings. The van der Waals surface area contributed by atoms with E-state index in [1.807, 2.05) is 4.90 Å². The number of likely N-dealkylation sites (tertiary alicyclic amines) is 1. The number of carbonyl (C=O) groups excluding carboxylic acids is 2. The average molecular weight is 371 g/mol. The number of piperidine rings is 1. The van der Waals surface area contributed by atoms with Crippen molar-refractivity contribution < 1.29 is 18.0 Å². The molecule has 7 heteroatoms. The molecule has 6 nitrogen and oxygen atoms in total. The summed E-state index contributed by atoms with van der Waals surface area (Å²) in [6, 6.07) is -0.230. The van der Waals surface area contributed by atoms with Crippen LogP contribution in [0.1, 0.15) is 51.9 Å². The molecule has 2 aliphatic heterocycles. The maximum absolute atomic E-state index is 12.7. The van der Waals surface area contributed by atoms with Crippen LogP contribution in [-0.4, -0.2) is 55.8 Å². The van der Waals surface area contributed by atoms with Gasteiger partial charge in [-0.2, -0.15) is 0 Å². The fourth-order valence-electron chi connectivity index (χ4n) is 4.48. The molecule has 2 atom stereocenters. The maximum Gasteiger partial charge on any atom is 0.225 e. The van der Waals surface area contributed by atoms with E-state index >= 15 is 0 Å². The lowest BCUT2D eigenvalue weighted by atomic mass is 9.80. The van der Waals surface area contributed by atoms with Crippen LogP contribution in [0.4, 0.5) is 0 Å². The number of nitrogens with zero attached hydrogens (tertiary/aromatic N) is 1. The van der Waals surface area contributed by atoms with Gasteiger partial charge < -0.3 is 10.2 Å². The average Bonchev–Trinajstić information content (AvgIpc) is 2.93. The summed E-state index contributed by atoms with van der Waals surface area (Å²) in [7, 11) is -2.97. The van der Waals surface area contributed by atoms with Gasteiger partial charge in [0, 0.05) is 31.0 Å². The van der Waals surface area contributed by atoms with E-state index in [9.17, 15) is 18.0 Å². The van der Waals surface area contributed by atoms with Gasteiger partial charge in [0.1, 0.15) is 0 Å². The fourth-order valence-corrected chi connectivity index (χ4v) is 6.15. The first kappa shape index (κ1) is 18.7. The largest absolute Gasteiger partial charge is 0.352 e. The highest BCUT2D eigenvalue weighted by Gasteiger charge is 2.35. The molecule has 2 unspecified atom stereocenters. The molecule has 1 aliphatic carbocycles. The molecule has 0 bridgehead atoms. The highest BCUT2D eigenvalue weighted by atomic mass is 32.2. The highest BCUT2D eigenvalue weighted by molar-refractivity contribution is 7.91. The molecular formula is C18H30N2O4S. The van der Waals surface area contributed by atoms with Crippen molar-refractivity contribution in [2.45, 2.75) is 57.9 Å². The maximum atomic E-state index is 12.7. The van der Waals surface area contributed by atoms with Gasteiger partial charge in [-0.25, -0.2) is 8.42 Å². The van der Waals surface area contributed by atoms with Crippen LogP contribution >= 0.6 is 0 Å². The third-order valence-electron chi connectivity index (χ3n) is 5.99. The van der Waals surface area contributed by atoms with Gasteiger partial charge in [-0.05, 0) is 50.9 Å². The summed E-state index contributed by atoms with van der Waals surface area (Å²) in [5, 5.41) is 2.90. The molecule has 0 aromatic carbocycles. The predicted molar refractivity (Wildman–Crippen MR) is 95.6 cm³/mol. The number of carbonyl (C=O) groups is 2. The quantitative estimate of drug-likeness (QED) is 0.813. The first-order chi connectivity index (χ1) is 11.8. The molecule has 0 radical (unpaired) electrons. The molecule has 2 amide bonds. The van der Waals surface area contributed by atoms with Crippen molar-refractivity contribution >= 4 is 21.7 Å². The van der Waals surface area contributed by atoms with Crippen molar-refractivity contribution in [2.24, 2.45) is 17.8 Å². The normalized spacial score (nSPS) is 35.3. The van der Waals surface area contributed by atoms with Gasteiger partial charge in [0.05, 0.1) is 11.5 Å². The molecule has 0 spiro atoms. The Morgan fingerprint density at radius 3 is 2.28 bits per heavy atom. The summed E-state index contributed by atoms with van der Waals surface area (Å²) in [5.74, 6) is 1.05. The second-order valence-electron chi connectivity index (χ2n) is 8.19. The Balaban J connectivity index is 1.45. The predicted octanol–water partition coefficient (Wildman–Crippen LogP) is 1.35. The lowest BCUT2D eigenvalue weighted by Gasteiger charge is -2.36. The molecule has 25 heavy (non-hydrogen) atoms. The van der Waals surface area contributed by atoms with Crippen molar-refractivity contribution in [2.75, 3.05) is 24.6 Å². The smallest absolute Gasteiger partial charge is 0.225 e. The number of nitrogens with one attached hydrogen (secondary N) is 1. The van der Waals surface area contributed by atoms with Crippen LogP contribution in [0.2, 0.25) is 0 Å². The minimum atomic E-state index is -2.97. The lowest BCUT2D eigenvalue weighted by Crippen LogP contribution is -2.45. The standard InChI is InChI=1S/C18H30N2O4S/c1-13-3-2-9-20(11-13)18(22)15-6-4-14(5-7-15)17(21)19-16-8-10-25(23,24)12-16/h13-16H,2-12H2,1H3,(H,19,21). The second-order valence-corrected chi connectivity index (χ2v) is 10.4. The molecule has 3 rings (SSSR count). The van der Waals surface area contributed by atoms with Gasteiger partial charge >= 0.3 is 0 Å². The third-order valence-corrected chi connectivity index (χ3v) is 7.76. The topological polar surface area (TPSA) is 83.6 Å². The number of hydrogen-bond acceptors (Lipinski definition) is 4. The lowest BCUT2D eigenvalue weighted by molar-refractivity contribution is -0.140. The van der Waals surface area contributed by atoms with Gasteiger partial charge in [0.15, 0.2) is 9.84 Å². The van der Waals surface area contributed by atoms with Crippen molar-refractivity contribution in [1.82, 2.24) is 10.2 Å². The van der Waals surface area contributed by atoms with Crippen LogP contribution in [0, 0.1) is 17.8 Å². The minimum absolute atomic E-state index is 0.0282. The van der Waals surface area contributed by atoms with Crippen molar-refractivity contribution in [3.05, 3.63) is 0 Å². The van der Waals surface area contributed by atoms with Gasteiger partial charge in [-0.3, -0.25) is 9.59 Å². The summed E-state index contributed by atoms with van der Waals surface area (Å²) < 4.78 is 23.0. The van der Waals surface area contributed by atoms with E-state index in [0.29, 0.717) is 12.3 Å². The summed E-state index contributed by atoms with van der Waals surface area (Å²) in [5.41, 5.74) is 0. The molecule has 2 saturated heterocycles. The Labute approximate surface area is 150 Å². The highest BCUT2D eigenvalue weighted by Crippen LogP contribution is 2.31. The monoisotopic (exact) mass is 370 g/mol. The van der Waals surface area contributed by atoms with Crippen LogP contribution in [-0.2, 0) is 19.4 Å². The van der Waals surface area contributed by atoms with Crippen LogP contribution in [0.15, 0.2) is 0 Å². The zero-order valence-electron chi connectivity index (χ0n) is 15.1. The van der Waals surface area contributed by atoms with E-state index in [-0.39, 0.29) is 41.2 Å². The third kappa shape index (κ3) is 4.74. The number of sulfone groups is 1. The van der Waals surface area contributed by atoms with Gasteiger partial charge in [-0.15, -0.1) is 0 Å². The molecule has 3 aliphatic rings. The number of amides is 2. The molecule has 1 N–H and O–H groups in total. The molecular weight excluding hydrogens is 340 g/mol. The van der Waals surface area contributed by atoms with Crippen LogP contribution in [0.5, 0.6) is 0 Å². The van der Waals surface area contributed by atoms with Crippen molar-refractivity contribution in [1.29, 1.82) is 0 Å². The van der Waals surface area contributed by atoms with E-state index in [2.05, 4.69) is 12.2 Å². The van der Waals surface area contributed by atoms with Crippen LogP contribution < -0.4 is 5.32 Å². The van der Waals surface area contributed by atoms with Crippen molar-refractivity contribution in [3.8, 4) is 0 Å². The van der Waals surface area contributed by atoms with Crippen LogP contribution in [0.3, 0.4) is 0 Å². The molecule has 2 heterocycles. The Hall–Kier alpha value is -1.11. The molecule has 0 aromatic heterocycles. The summed E-state index contributed by atoms with van der Waals surface area (Å²) >= 11 is 0. The Bertz CT molecular complexity index is 611. The Morgan fingerprint density at radius 1 is 1.00 bits per heavy atom. The first-order valence-corrected chi connectivity index (χ1v) is 11.5. The van der Waals surface area contributed by atoms with E-state index in [0.717, 1.165) is 45.2 Å². The number of rotatable bonds is 3. The molecule has 1 saturated carbocycles. The van der Waals surface area contributed by atoms with Gasteiger partial charge in [-0.1, -0.05) is 6.92 Å². The zero-order chi connectivity index (χ0) is 18.0. The second kappa shape index (κ2) is 7.64. The van der Waals surface area contributed by atoms with Crippen LogP contribution in [0.25, 0.3) is 0 Å². The van der Waals surface area contributed by atoms with Crippen molar-refractivity contribution in [3.63, 3.8) is 0 Å². The Morgan fingerprint density at radius 2 is 1.68 bits per heavy atom. The van der Waals surface area contributed by atoms with Gasteiger partial charge in [0.2, 0.25) is 11.8 Å². The van der Waals surface area contributed by atoms with Gasteiger partial charge in [0.25, 0.3) is 0 Å². The molecule has 142 valence electrons. The minimum Gasteiger partial charge on any atom is -0.352 e. The van der Waals surface area contributed by atoms with E-state index in [1.54, 1.807) is 0 Å². The fraction of sp³-hybridized carbons (Fsp3) is 0.889. The van der Waals surface area contributed by atoms with E-state index in [1.165, 1.54) is 6.42 Å². The van der Waals surface area contributed by atoms with E-state index < -0.39 is 9.84 Å². The summed E-state index contributed by atoms with van der Waals surface area (Å²) in [6.07, 6.45) is 5.81. The number of hydrogen-bond donors (Lipinski definition) is 1. The SMILES string of the molecule is CC1CCCN(C(=O)C2CCC(C(=O)NC3CCS(=O)(=O)C3)CC2)C1. The van der Waals surface area contributed by atoms with E-state index in [4.69, 9.17) is 0 Å². The summed E-state index contributed by atoms with van der Waals surface area (Å²) in [4.78, 5) is 27.1. The summed E-state index contributed by atoms with van der Waals surface area (Å²) in [6.45, 7) is 3.94. The Kier molecular flexibility index (Phi) is 5.71. The zero-order valence-corrected chi connectivity index (χ0v) is 15.9. The molecule has 3 fully saturated rings. The first-order valence-electron chi connectivity index (χ1n) is 9.63.